The molecule has 0 bridgehead atoms. The molecule has 108 valence electrons. The van der Waals surface area contributed by atoms with Crippen molar-refractivity contribution in [2.75, 3.05) is 17.7 Å². The molecule has 0 fully saturated rings. The van der Waals surface area contributed by atoms with E-state index in [9.17, 15) is 9.18 Å². The first kappa shape index (κ1) is 13.4. The number of rotatable bonds is 3. The minimum absolute atomic E-state index is 0.0576. The van der Waals surface area contributed by atoms with Gasteiger partial charge in [0.2, 0.25) is 5.91 Å². The first-order chi connectivity index (χ1) is 10.1. The summed E-state index contributed by atoms with van der Waals surface area (Å²) in [6.45, 7) is 0.179. The van der Waals surface area contributed by atoms with E-state index in [0.717, 1.165) is 11.3 Å². The number of amides is 1. The van der Waals surface area contributed by atoms with Gasteiger partial charge in [0, 0.05) is 16.9 Å². The summed E-state index contributed by atoms with van der Waals surface area (Å²) in [5.41, 5.74) is 8.44. The van der Waals surface area contributed by atoms with Crippen LogP contribution in [0.15, 0.2) is 36.4 Å². The molecule has 0 aromatic heterocycles. The summed E-state index contributed by atoms with van der Waals surface area (Å²) in [6, 6.07) is 10.2. The maximum atomic E-state index is 14.2. The van der Waals surface area contributed by atoms with Crippen molar-refractivity contribution in [3.05, 3.63) is 53.3 Å². The van der Waals surface area contributed by atoms with Crippen LogP contribution in [-0.2, 0) is 17.8 Å². The van der Waals surface area contributed by atoms with Gasteiger partial charge in [-0.25, -0.2) is 4.39 Å². The zero-order chi connectivity index (χ0) is 15.0. The fourth-order valence-electron chi connectivity index (χ4n) is 2.58. The van der Waals surface area contributed by atoms with E-state index in [1.165, 1.54) is 7.11 Å². The lowest BCUT2D eigenvalue weighted by molar-refractivity contribution is -0.117. The molecule has 0 atom stereocenters. The first-order valence-electron chi connectivity index (χ1n) is 6.60. The van der Waals surface area contributed by atoms with Crippen LogP contribution in [0.5, 0.6) is 5.75 Å². The monoisotopic (exact) mass is 286 g/mol. The minimum atomic E-state index is -0.434. The number of methoxy groups -OCH3 is 1. The predicted molar refractivity (Wildman–Crippen MR) is 78.7 cm³/mol. The third-order valence-electron chi connectivity index (χ3n) is 3.63. The van der Waals surface area contributed by atoms with Gasteiger partial charge < -0.3 is 15.4 Å². The van der Waals surface area contributed by atoms with Crippen LogP contribution in [0.1, 0.15) is 11.1 Å². The summed E-state index contributed by atoms with van der Waals surface area (Å²) >= 11 is 0. The van der Waals surface area contributed by atoms with Gasteiger partial charge in [-0.1, -0.05) is 12.1 Å². The summed E-state index contributed by atoms with van der Waals surface area (Å²) in [6.07, 6.45) is 0.298. The molecule has 0 saturated heterocycles. The Morgan fingerprint density at radius 1 is 1.33 bits per heavy atom. The van der Waals surface area contributed by atoms with E-state index in [1.807, 2.05) is 0 Å². The van der Waals surface area contributed by atoms with E-state index in [-0.39, 0.29) is 18.2 Å². The third-order valence-corrected chi connectivity index (χ3v) is 3.63. The highest BCUT2D eigenvalue weighted by atomic mass is 19.1. The Balaban J connectivity index is 1.95. The molecule has 0 saturated carbocycles. The Morgan fingerprint density at radius 2 is 2.14 bits per heavy atom. The van der Waals surface area contributed by atoms with E-state index < -0.39 is 5.82 Å². The number of anilines is 2. The summed E-state index contributed by atoms with van der Waals surface area (Å²) in [4.78, 5) is 13.7. The van der Waals surface area contributed by atoms with Gasteiger partial charge in [0.25, 0.3) is 0 Å². The Hall–Kier alpha value is -2.56. The zero-order valence-electron chi connectivity index (χ0n) is 11.6. The molecule has 0 radical (unpaired) electrons. The smallest absolute Gasteiger partial charge is 0.231 e. The van der Waals surface area contributed by atoms with Crippen LogP contribution < -0.4 is 15.4 Å². The van der Waals surface area contributed by atoms with E-state index in [2.05, 4.69) is 0 Å². The first-order valence-corrected chi connectivity index (χ1v) is 6.60. The van der Waals surface area contributed by atoms with Crippen LogP contribution in [-0.4, -0.2) is 13.0 Å². The largest absolute Gasteiger partial charge is 0.494 e. The van der Waals surface area contributed by atoms with Crippen LogP contribution in [0.4, 0.5) is 15.8 Å². The van der Waals surface area contributed by atoms with Crippen molar-refractivity contribution in [3.63, 3.8) is 0 Å². The van der Waals surface area contributed by atoms with E-state index in [4.69, 9.17) is 10.5 Å². The van der Waals surface area contributed by atoms with Crippen LogP contribution in [0.2, 0.25) is 0 Å². The number of nitrogens with zero attached hydrogens (tertiary/aromatic N) is 1. The molecule has 2 N–H and O–H groups in total. The van der Waals surface area contributed by atoms with Crippen LogP contribution in [0.3, 0.4) is 0 Å². The molecule has 4 nitrogen and oxygen atoms in total. The lowest BCUT2D eigenvalue weighted by Crippen LogP contribution is -2.26. The number of ether oxygens (including phenoxy) is 1. The van der Waals surface area contributed by atoms with Gasteiger partial charge in [0.15, 0.2) is 11.6 Å². The molecule has 1 aliphatic rings. The maximum Gasteiger partial charge on any atom is 0.231 e. The van der Waals surface area contributed by atoms with Crippen molar-refractivity contribution in [3.8, 4) is 5.75 Å². The van der Waals surface area contributed by atoms with E-state index in [0.29, 0.717) is 17.7 Å². The van der Waals surface area contributed by atoms with E-state index in [1.54, 1.807) is 41.3 Å². The highest BCUT2D eigenvalue weighted by Crippen LogP contribution is 2.32. The molecule has 5 heteroatoms. The normalized spacial score (nSPS) is 13.4. The molecule has 1 amide bonds. The molecular weight excluding hydrogens is 271 g/mol. The number of halogens is 1. The van der Waals surface area contributed by atoms with Crippen molar-refractivity contribution < 1.29 is 13.9 Å². The van der Waals surface area contributed by atoms with Gasteiger partial charge in [-0.3, -0.25) is 4.79 Å². The molecule has 2 aromatic rings. The second-order valence-corrected chi connectivity index (χ2v) is 4.98. The lowest BCUT2D eigenvalue weighted by atomic mass is 10.1. The number of hydrogen-bond acceptors (Lipinski definition) is 3. The van der Waals surface area contributed by atoms with Gasteiger partial charge in [-0.15, -0.1) is 0 Å². The molecule has 1 heterocycles. The van der Waals surface area contributed by atoms with Gasteiger partial charge in [0.05, 0.1) is 20.1 Å². The number of fused-ring (bicyclic) bond motifs is 1. The van der Waals surface area contributed by atoms with Crippen molar-refractivity contribution in [2.24, 2.45) is 0 Å². The summed E-state index contributed by atoms with van der Waals surface area (Å²) < 4.78 is 19.2. The number of nitrogens with two attached hydrogens (primary N) is 1. The quantitative estimate of drug-likeness (QED) is 0.882. The molecule has 0 aliphatic carbocycles. The number of benzene rings is 2. The van der Waals surface area contributed by atoms with Crippen molar-refractivity contribution in [1.82, 2.24) is 0 Å². The topological polar surface area (TPSA) is 55.6 Å². The Labute approximate surface area is 121 Å². The molecule has 3 rings (SSSR count). The molecule has 0 spiro atoms. The maximum absolute atomic E-state index is 14.2. The predicted octanol–water partition coefficient (Wildman–Crippen LogP) is 2.51. The Kier molecular flexibility index (Phi) is 3.25. The van der Waals surface area contributed by atoms with Crippen LogP contribution >= 0.6 is 0 Å². The number of carbonyl (C=O) groups is 1. The van der Waals surface area contributed by atoms with Gasteiger partial charge >= 0.3 is 0 Å². The average Bonchev–Trinajstić information content (AvgIpc) is 2.76. The van der Waals surface area contributed by atoms with Crippen LogP contribution in [0.25, 0.3) is 0 Å². The standard InChI is InChI=1S/C16H15FN2O2/c1-21-14-4-2-3-10(16(14)17)9-19-13-6-5-12(18)7-11(13)8-15(19)20/h2-7H,8-9,18H2,1H3. The molecule has 1 aliphatic heterocycles. The van der Waals surface area contributed by atoms with Crippen molar-refractivity contribution >= 4 is 17.3 Å². The number of hydrogen-bond donors (Lipinski definition) is 1. The zero-order valence-corrected chi connectivity index (χ0v) is 11.6. The Morgan fingerprint density at radius 3 is 2.90 bits per heavy atom. The third kappa shape index (κ3) is 2.31. The van der Waals surface area contributed by atoms with Gasteiger partial charge in [-0.05, 0) is 29.8 Å². The molecule has 2 aromatic carbocycles. The minimum Gasteiger partial charge on any atom is -0.494 e. The highest BCUT2D eigenvalue weighted by Gasteiger charge is 2.28. The fourth-order valence-corrected chi connectivity index (χ4v) is 2.58. The average molecular weight is 286 g/mol. The summed E-state index contributed by atoms with van der Waals surface area (Å²) in [5.74, 6) is -0.314. The fraction of sp³-hybridized carbons (Fsp3) is 0.188. The Bertz CT molecular complexity index is 715. The number of carbonyl (C=O) groups excluding carboxylic acids is 1. The van der Waals surface area contributed by atoms with Gasteiger partial charge in [-0.2, -0.15) is 0 Å². The second kappa shape index (κ2) is 5.09. The molecule has 0 unspecified atom stereocenters. The van der Waals surface area contributed by atoms with Crippen LogP contribution in [0, 0.1) is 5.82 Å². The highest BCUT2D eigenvalue weighted by molar-refractivity contribution is 6.01. The number of nitrogen functional groups attached to an aromatic ring is 1. The van der Waals surface area contributed by atoms with Crippen molar-refractivity contribution in [1.29, 1.82) is 0 Å². The molecule has 21 heavy (non-hydrogen) atoms. The lowest BCUT2D eigenvalue weighted by Gasteiger charge is -2.18. The van der Waals surface area contributed by atoms with Gasteiger partial charge in [0.1, 0.15) is 0 Å². The second-order valence-electron chi connectivity index (χ2n) is 4.98. The molecular formula is C16H15FN2O2. The van der Waals surface area contributed by atoms with Crippen molar-refractivity contribution in [2.45, 2.75) is 13.0 Å². The van der Waals surface area contributed by atoms with E-state index >= 15 is 0 Å². The summed E-state index contributed by atoms with van der Waals surface area (Å²) in [7, 11) is 1.42. The SMILES string of the molecule is COc1cccc(CN2C(=O)Cc3cc(N)ccc32)c1F. The summed E-state index contributed by atoms with van der Waals surface area (Å²) in [5, 5.41) is 0.